The zero-order chi connectivity index (χ0) is 18.4. The Bertz CT molecular complexity index is 728. The molecule has 1 atom stereocenters. The molecule has 0 aliphatic carbocycles. The second kappa shape index (κ2) is 8.62. The Labute approximate surface area is 150 Å². The van der Waals surface area contributed by atoms with E-state index in [2.05, 4.69) is 15.5 Å². The SMILES string of the molecule is CC(C)[C@H](NC(=O)CCCc1nc(-c2ccc(Cl)cc2)no1)C(=O)O. The van der Waals surface area contributed by atoms with Crippen molar-refractivity contribution in [3.8, 4) is 11.4 Å². The van der Waals surface area contributed by atoms with Crippen molar-refractivity contribution in [2.75, 3.05) is 0 Å². The number of rotatable bonds is 8. The molecule has 25 heavy (non-hydrogen) atoms. The van der Waals surface area contributed by atoms with Gasteiger partial charge in [-0.1, -0.05) is 30.6 Å². The van der Waals surface area contributed by atoms with Gasteiger partial charge in [-0.2, -0.15) is 4.98 Å². The first kappa shape index (κ1) is 18.9. The van der Waals surface area contributed by atoms with Gasteiger partial charge in [0, 0.05) is 23.4 Å². The van der Waals surface area contributed by atoms with E-state index in [0.29, 0.717) is 29.6 Å². The molecule has 7 nitrogen and oxygen atoms in total. The smallest absolute Gasteiger partial charge is 0.326 e. The van der Waals surface area contributed by atoms with E-state index in [1.165, 1.54) is 0 Å². The molecule has 0 saturated heterocycles. The molecule has 1 aromatic heterocycles. The summed E-state index contributed by atoms with van der Waals surface area (Å²) in [7, 11) is 0. The van der Waals surface area contributed by atoms with E-state index in [4.69, 9.17) is 21.2 Å². The van der Waals surface area contributed by atoms with E-state index in [9.17, 15) is 9.59 Å². The summed E-state index contributed by atoms with van der Waals surface area (Å²) >= 11 is 5.84. The standard InChI is InChI=1S/C17H20ClN3O4/c1-10(2)15(17(23)24)19-13(22)4-3-5-14-20-16(21-25-14)11-6-8-12(18)9-7-11/h6-10,15H,3-5H2,1-2H3,(H,19,22)(H,23,24)/t15-/m0/s1. The second-order valence-corrected chi connectivity index (χ2v) is 6.44. The average molecular weight is 366 g/mol. The first-order chi connectivity index (χ1) is 11.9. The molecule has 0 aliphatic heterocycles. The lowest BCUT2D eigenvalue weighted by Gasteiger charge is -2.17. The number of carbonyl (C=O) groups is 2. The maximum absolute atomic E-state index is 11.9. The number of hydrogen-bond donors (Lipinski definition) is 2. The Balaban J connectivity index is 1.83. The molecule has 2 rings (SSSR count). The fourth-order valence-electron chi connectivity index (χ4n) is 2.23. The summed E-state index contributed by atoms with van der Waals surface area (Å²) in [6, 6.07) is 6.19. The molecule has 2 aromatic rings. The Morgan fingerprint density at radius 1 is 1.28 bits per heavy atom. The molecule has 0 fully saturated rings. The maximum Gasteiger partial charge on any atom is 0.326 e. The molecule has 0 bridgehead atoms. The summed E-state index contributed by atoms with van der Waals surface area (Å²) in [4.78, 5) is 27.2. The third-order valence-corrected chi connectivity index (χ3v) is 3.87. The highest BCUT2D eigenvalue weighted by atomic mass is 35.5. The van der Waals surface area contributed by atoms with Crippen molar-refractivity contribution in [1.82, 2.24) is 15.5 Å². The van der Waals surface area contributed by atoms with Gasteiger partial charge < -0.3 is 14.9 Å². The summed E-state index contributed by atoms with van der Waals surface area (Å²) in [5, 5.41) is 16.1. The van der Waals surface area contributed by atoms with E-state index < -0.39 is 12.0 Å². The average Bonchev–Trinajstić information content (AvgIpc) is 3.01. The molecule has 8 heteroatoms. The number of carboxylic acid groups (broad SMARTS) is 1. The number of aryl methyl sites for hydroxylation is 1. The highest BCUT2D eigenvalue weighted by Gasteiger charge is 2.23. The molecular weight excluding hydrogens is 346 g/mol. The number of hydrogen-bond acceptors (Lipinski definition) is 5. The van der Waals surface area contributed by atoms with Gasteiger partial charge in [-0.25, -0.2) is 4.79 Å². The van der Waals surface area contributed by atoms with E-state index in [1.807, 2.05) is 0 Å². The Morgan fingerprint density at radius 2 is 1.96 bits per heavy atom. The third-order valence-electron chi connectivity index (χ3n) is 3.61. The van der Waals surface area contributed by atoms with Crippen LogP contribution >= 0.6 is 11.6 Å². The van der Waals surface area contributed by atoms with Crippen LogP contribution < -0.4 is 5.32 Å². The van der Waals surface area contributed by atoms with Crippen LogP contribution in [0.4, 0.5) is 0 Å². The molecule has 134 valence electrons. The number of aliphatic carboxylic acids is 1. The predicted molar refractivity (Wildman–Crippen MR) is 92.1 cm³/mol. The number of halogens is 1. The van der Waals surface area contributed by atoms with Crippen molar-refractivity contribution in [2.45, 2.75) is 39.2 Å². The molecule has 1 amide bonds. The fourth-order valence-corrected chi connectivity index (χ4v) is 2.36. The first-order valence-corrected chi connectivity index (χ1v) is 8.35. The van der Waals surface area contributed by atoms with Gasteiger partial charge in [0.25, 0.3) is 0 Å². The van der Waals surface area contributed by atoms with Crippen molar-refractivity contribution in [1.29, 1.82) is 0 Å². The largest absolute Gasteiger partial charge is 0.480 e. The van der Waals surface area contributed by atoms with Crippen molar-refractivity contribution in [2.24, 2.45) is 5.92 Å². The lowest BCUT2D eigenvalue weighted by atomic mass is 10.0. The van der Waals surface area contributed by atoms with Crippen molar-refractivity contribution in [3.05, 3.63) is 35.2 Å². The summed E-state index contributed by atoms with van der Waals surface area (Å²) in [6.07, 6.45) is 1.11. The van der Waals surface area contributed by atoms with E-state index in [-0.39, 0.29) is 18.2 Å². The number of benzene rings is 1. The third kappa shape index (κ3) is 5.56. The van der Waals surface area contributed by atoms with E-state index in [1.54, 1.807) is 38.1 Å². The van der Waals surface area contributed by atoms with Crippen molar-refractivity contribution in [3.63, 3.8) is 0 Å². The van der Waals surface area contributed by atoms with Crippen LogP contribution in [0.2, 0.25) is 5.02 Å². The Morgan fingerprint density at radius 3 is 2.56 bits per heavy atom. The highest BCUT2D eigenvalue weighted by molar-refractivity contribution is 6.30. The van der Waals surface area contributed by atoms with Gasteiger partial charge in [-0.3, -0.25) is 4.79 Å². The quantitative estimate of drug-likeness (QED) is 0.745. The summed E-state index contributed by atoms with van der Waals surface area (Å²) in [5.41, 5.74) is 0.790. The number of aromatic nitrogens is 2. The van der Waals surface area contributed by atoms with Gasteiger partial charge in [0.1, 0.15) is 6.04 Å². The Hall–Kier alpha value is -2.41. The minimum absolute atomic E-state index is 0.181. The van der Waals surface area contributed by atoms with Crippen molar-refractivity contribution < 1.29 is 19.2 Å². The Kier molecular flexibility index (Phi) is 6.52. The molecule has 0 radical (unpaired) electrons. The van der Waals surface area contributed by atoms with Crippen LogP contribution in [0.25, 0.3) is 11.4 Å². The number of nitrogens with one attached hydrogen (secondary N) is 1. The first-order valence-electron chi connectivity index (χ1n) is 7.97. The van der Waals surface area contributed by atoms with Crippen LogP contribution in [0.3, 0.4) is 0 Å². The van der Waals surface area contributed by atoms with Crippen LogP contribution in [0.1, 0.15) is 32.6 Å². The molecule has 0 aliphatic rings. The van der Waals surface area contributed by atoms with Crippen LogP contribution in [0.15, 0.2) is 28.8 Å². The van der Waals surface area contributed by atoms with Gasteiger partial charge in [-0.05, 0) is 36.6 Å². The lowest BCUT2D eigenvalue weighted by Crippen LogP contribution is -2.44. The number of carboxylic acids is 1. The minimum atomic E-state index is -1.03. The van der Waals surface area contributed by atoms with Crippen LogP contribution in [-0.4, -0.2) is 33.2 Å². The van der Waals surface area contributed by atoms with Gasteiger partial charge in [0.2, 0.25) is 17.6 Å². The topological polar surface area (TPSA) is 105 Å². The summed E-state index contributed by atoms with van der Waals surface area (Å²) < 4.78 is 5.17. The zero-order valence-electron chi connectivity index (χ0n) is 14.0. The number of carbonyl (C=O) groups excluding carboxylic acids is 1. The molecule has 1 aromatic carbocycles. The summed E-state index contributed by atoms with van der Waals surface area (Å²) in [5.74, 6) is -0.635. The van der Waals surface area contributed by atoms with Gasteiger partial charge in [-0.15, -0.1) is 0 Å². The molecule has 1 heterocycles. The van der Waals surface area contributed by atoms with Crippen LogP contribution in [-0.2, 0) is 16.0 Å². The number of nitrogens with zero attached hydrogens (tertiary/aromatic N) is 2. The van der Waals surface area contributed by atoms with E-state index in [0.717, 1.165) is 5.56 Å². The molecule has 0 saturated carbocycles. The summed E-state index contributed by atoms with van der Waals surface area (Å²) in [6.45, 7) is 3.49. The predicted octanol–water partition coefficient (Wildman–Crippen LogP) is 2.94. The van der Waals surface area contributed by atoms with Crippen LogP contribution in [0.5, 0.6) is 0 Å². The lowest BCUT2D eigenvalue weighted by molar-refractivity contribution is -0.143. The normalized spacial score (nSPS) is 12.2. The van der Waals surface area contributed by atoms with Crippen molar-refractivity contribution >= 4 is 23.5 Å². The molecule has 0 unspecified atom stereocenters. The minimum Gasteiger partial charge on any atom is -0.480 e. The zero-order valence-corrected chi connectivity index (χ0v) is 14.8. The van der Waals surface area contributed by atoms with E-state index >= 15 is 0 Å². The highest BCUT2D eigenvalue weighted by Crippen LogP contribution is 2.19. The fraction of sp³-hybridized carbons (Fsp3) is 0.412. The molecule has 2 N–H and O–H groups in total. The maximum atomic E-state index is 11.9. The van der Waals surface area contributed by atoms with Gasteiger partial charge in [0.15, 0.2) is 0 Å². The second-order valence-electron chi connectivity index (χ2n) is 6.00. The number of amides is 1. The monoisotopic (exact) mass is 365 g/mol. The molecular formula is C17H20ClN3O4. The van der Waals surface area contributed by atoms with Crippen LogP contribution in [0, 0.1) is 5.92 Å². The van der Waals surface area contributed by atoms with Gasteiger partial charge >= 0.3 is 5.97 Å². The molecule has 0 spiro atoms. The van der Waals surface area contributed by atoms with Gasteiger partial charge in [0.05, 0.1) is 0 Å².